The SMILES string of the molecule is CC/C=C\C/C=C\C/C=C\C/C=C\C/C=C\CCCCCCCCCCCCCCCC(=O)OCC(COC(=O)CCCCCCCCCCCCCCCCC)OC(=O)CCCCCC/C=C\C/C=C\C/C=C\C/C=C\CC. The van der Waals surface area contributed by atoms with Crippen molar-refractivity contribution in [3.8, 4) is 0 Å². The molecule has 79 heavy (non-hydrogen) atoms. The molecule has 0 aliphatic heterocycles. The molecule has 0 rings (SSSR count). The molecular weight excluding hydrogens is 973 g/mol. The first-order valence-electron chi connectivity index (χ1n) is 33.4. The molecule has 0 fully saturated rings. The van der Waals surface area contributed by atoms with E-state index in [-0.39, 0.29) is 31.1 Å². The second-order valence-corrected chi connectivity index (χ2v) is 22.0. The molecule has 0 spiro atoms. The van der Waals surface area contributed by atoms with Crippen LogP contribution in [-0.4, -0.2) is 37.2 Å². The highest BCUT2D eigenvalue weighted by Gasteiger charge is 2.19. The number of rotatable bonds is 60. The van der Waals surface area contributed by atoms with E-state index in [0.29, 0.717) is 19.3 Å². The summed E-state index contributed by atoms with van der Waals surface area (Å²) in [5, 5.41) is 0. The summed E-state index contributed by atoms with van der Waals surface area (Å²) in [6, 6.07) is 0. The first-order chi connectivity index (χ1) is 39.0. The Morgan fingerprint density at radius 1 is 0.266 bits per heavy atom. The number of ether oxygens (including phenoxy) is 3. The summed E-state index contributed by atoms with van der Waals surface area (Å²) in [6.45, 7) is 6.42. The van der Waals surface area contributed by atoms with Crippen molar-refractivity contribution in [3.05, 3.63) is 109 Å². The molecule has 0 aromatic heterocycles. The number of carbonyl (C=O) groups excluding carboxylic acids is 3. The lowest BCUT2D eigenvalue weighted by Gasteiger charge is -2.18. The van der Waals surface area contributed by atoms with Gasteiger partial charge in [-0.25, -0.2) is 0 Å². The maximum atomic E-state index is 12.9. The molecule has 1 unspecified atom stereocenters. The number of esters is 3. The summed E-state index contributed by atoms with van der Waals surface area (Å²) in [5.41, 5.74) is 0. The van der Waals surface area contributed by atoms with Crippen molar-refractivity contribution in [1.29, 1.82) is 0 Å². The fourth-order valence-electron chi connectivity index (χ4n) is 9.35. The van der Waals surface area contributed by atoms with Gasteiger partial charge in [-0.3, -0.25) is 14.4 Å². The molecule has 0 heterocycles. The molecule has 0 bridgehead atoms. The van der Waals surface area contributed by atoms with Crippen LogP contribution in [0.1, 0.15) is 316 Å². The Balaban J connectivity index is 4.30. The van der Waals surface area contributed by atoms with Gasteiger partial charge >= 0.3 is 17.9 Å². The van der Waals surface area contributed by atoms with Crippen LogP contribution in [-0.2, 0) is 28.6 Å². The van der Waals surface area contributed by atoms with Crippen LogP contribution in [0.4, 0.5) is 0 Å². The van der Waals surface area contributed by atoms with Gasteiger partial charge in [0, 0.05) is 19.3 Å². The molecule has 6 nitrogen and oxygen atoms in total. The van der Waals surface area contributed by atoms with E-state index in [2.05, 4.69) is 130 Å². The van der Waals surface area contributed by atoms with Crippen molar-refractivity contribution >= 4 is 17.9 Å². The smallest absolute Gasteiger partial charge is 0.306 e. The predicted octanol–water partition coefficient (Wildman–Crippen LogP) is 23.0. The molecule has 0 saturated heterocycles. The van der Waals surface area contributed by atoms with Crippen LogP contribution >= 0.6 is 0 Å². The van der Waals surface area contributed by atoms with E-state index < -0.39 is 6.10 Å². The van der Waals surface area contributed by atoms with Crippen LogP contribution in [0.15, 0.2) is 109 Å². The third-order valence-corrected chi connectivity index (χ3v) is 14.3. The zero-order valence-electron chi connectivity index (χ0n) is 51.9. The van der Waals surface area contributed by atoms with E-state index in [1.165, 1.54) is 148 Å². The number of hydrogen-bond acceptors (Lipinski definition) is 6. The Hall–Kier alpha value is -3.93. The fourth-order valence-corrected chi connectivity index (χ4v) is 9.35. The molecule has 0 aromatic rings. The summed E-state index contributed by atoms with van der Waals surface area (Å²) >= 11 is 0. The highest BCUT2D eigenvalue weighted by atomic mass is 16.6. The number of hydrogen-bond donors (Lipinski definition) is 0. The van der Waals surface area contributed by atoms with Gasteiger partial charge in [0.25, 0.3) is 0 Å². The second-order valence-electron chi connectivity index (χ2n) is 22.0. The van der Waals surface area contributed by atoms with Crippen molar-refractivity contribution in [3.63, 3.8) is 0 Å². The van der Waals surface area contributed by atoms with Crippen LogP contribution in [0.3, 0.4) is 0 Å². The van der Waals surface area contributed by atoms with E-state index in [0.717, 1.165) is 128 Å². The number of carbonyl (C=O) groups is 3. The minimum Gasteiger partial charge on any atom is -0.462 e. The molecule has 0 aromatic carbocycles. The molecule has 0 aliphatic carbocycles. The van der Waals surface area contributed by atoms with Crippen molar-refractivity contribution in [2.75, 3.05) is 13.2 Å². The van der Waals surface area contributed by atoms with Crippen molar-refractivity contribution in [2.24, 2.45) is 0 Å². The monoisotopic (exact) mass is 1100 g/mol. The average molecular weight is 1100 g/mol. The Kier molecular flexibility index (Phi) is 63.3. The lowest BCUT2D eigenvalue weighted by molar-refractivity contribution is -0.167. The molecule has 6 heteroatoms. The highest BCUT2D eigenvalue weighted by Crippen LogP contribution is 2.17. The van der Waals surface area contributed by atoms with Crippen LogP contribution in [0.25, 0.3) is 0 Å². The minimum absolute atomic E-state index is 0.0854. The quantitative estimate of drug-likeness (QED) is 0.0261. The Labute approximate surface area is 489 Å². The lowest BCUT2D eigenvalue weighted by Crippen LogP contribution is -2.30. The summed E-state index contributed by atoms with van der Waals surface area (Å²) < 4.78 is 16.9. The van der Waals surface area contributed by atoms with Gasteiger partial charge in [-0.05, 0) is 103 Å². The average Bonchev–Trinajstić information content (AvgIpc) is 3.45. The topological polar surface area (TPSA) is 78.9 Å². The van der Waals surface area contributed by atoms with Gasteiger partial charge in [0.2, 0.25) is 0 Å². The molecular formula is C73H124O6. The predicted molar refractivity (Wildman–Crippen MR) is 343 cm³/mol. The first kappa shape index (κ1) is 75.1. The molecule has 0 saturated carbocycles. The third kappa shape index (κ3) is 64.8. The van der Waals surface area contributed by atoms with Crippen LogP contribution < -0.4 is 0 Å². The summed E-state index contributed by atoms with van der Waals surface area (Å²) in [5.74, 6) is -0.899. The molecule has 0 amide bonds. The van der Waals surface area contributed by atoms with E-state index in [4.69, 9.17) is 14.2 Å². The van der Waals surface area contributed by atoms with E-state index in [1.54, 1.807) is 0 Å². The Morgan fingerprint density at radius 3 is 0.772 bits per heavy atom. The minimum atomic E-state index is -0.792. The van der Waals surface area contributed by atoms with Gasteiger partial charge in [0.05, 0.1) is 0 Å². The van der Waals surface area contributed by atoms with Gasteiger partial charge in [-0.2, -0.15) is 0 Å². The highest BCUT2D eigenvalue weighted by molar-refractivity contribution is 5.71. The van der Waals surface area contributed by atoms with E-state index >= 15 is 0 Å². The molecule has 0 N–H and O–H groups in total. The third-order valence-electron chi connectivity index (χ3n) is 14.3. The normalized spacial score (nSPS) is 12.8. The van der Waals surface area contributed by atoms with E-state index in [1.807, 2.05) is 0 Å². The van der Waals surface area contributed by atoms with Gasteiger partial charge in [0.15, 0.2) is 6.10 Å². The Bertz CT molecular complexity index is 1590. The zero-order chi connectivity index (χ0) is 57.1. The number of unbranched alkanes of at least 4 members (excludes halogenated alkanes) is 31. The van der Waals surface area contributed by atoms with Crippen LogP contribution in [0.5, 0.6) is 0 Å². The molecule has 0 radical (unpaired) electrons. The largest absolute Gasteiger partial charge is 0.462 e. The maximum Gasteiger partial charge on any atom is 0.306 e. The molecule has 452 valence electrons. The summed E-state index contributed by atoms with van der Waals surface area (Å²) in [4.78, 5) is 38.4. The first-order valence-corrected chi connectivity index (χ1v) is 33.4. The van der Waals surface area contributed by atoms with Gasteiger partial charge in [-0.15, -0.1) is 0 Å². The van der Waals surface area contributed by atoms with Crippen molar-refractivity contribution in [1.82, 2.24) is 0 Å². The van der Waals surface area contributed by atoms with Crippen LogP contribution in [0, 0.1) is 0 Å². The van der Waals surface area contributed by atoms with Crippen molar-refractivity contribution in [2.45, 2.75) is 322 Å². The van der Waals surface area contributed by atoms with Gasteiger partial charge < -0.3 is 14.2 Å². The second kappa shape index (κ2) is 66.6. The lowest BCUT2D eigenvalue weighted by atomic mass is 10.0. The zero-order valence-corrected chi connectivity index (χ0v) is 51.9. The molecule has 1 atom stereocenters. The van der Waals surface area contributed by atoms with Crippen LogP contribution in [0.2, 0.25) is 0 Å². The molecule has 0 aliphatic rings. The maximum absolute atomic E-state index is 12.9. The van der Waals surface area contributed by atoms with Crippen molar-refractivity contribution < 1.29 is 28.6 Å². The summed E-state index contributed by atoms with van der Waals surface area (Å²) in [6.07, 6.45) is 91.0. The van der Waals surface area contributed by atoms with E-state index in [9.17, 15) is 14.4 Å². The fraction of sp³-hybridized carbons (Fsp3) is 0.712. The van der Waals surface area contributed by atoms with Gasteiger partial charge in [-0.1, -0.05) is 304 Å². The summed E-state index contributed by atoms with van der Waals surface area (Å²) in [7, 11) is 0. The standard InChI is InChI=1S/C73H124O6/c1-4-7-10-13-16-19-22-25-28-30-31-32-33-34-35-36-37-38-39-40-41-43-45-48-51-54-57-60-63-66-72(75)78-69-70(68-77-71(74)65-62-59-56-53-50-47-44-27-24-21-18-15-12-9-6-3)79-73(76)67-64-61-58-55-52-49-46-42-29-26-23-20-17-14-11-8-5-2/h7-8,10-11,16-17,19-20,25-26,28-29,31-32,34-35,46,49,70H,4-6,9,12-15,18,21-24,27,30,33,36-45,47-48,50-69H2,1-3H3/b10-7-,11-8-,19-16-,20-17-,28-25-,29-26-,32-31-,35-34-,49-46-. The number of allylic oxidation sites excluding steroid dienone is 18. The van der Waals surface area contributed by atoms with Gasteiger partial charge in [0.1, 0.15) is 13.2 Å². The Morgan fingerprint density at radius 2 is 0.494 bits per heavy atom.